The van der Waals surface area contributed by atoms with Gasteiger partial charge in [0.1, 0.15) is 18.4 Å². The minimum atomic E-state index is -0.656. The highest BCUT2D eigenvalue weighted by Crippen LogP contribution is 2.28. The van der Waals surface area contributed by atoms with Crippen LogP contribution in [-0.4, -0.2) is 68.1 Å². The Morgan fingerprint density at radius 2 is 1.80 bits per heavy atom. The molecule has 30 heavy (non-hydrogen) atoms. The number of ether oxygens (including phenoxy) is 1. The Hall–Kier alpha value is -2.91. The summed E-state index contributed by atoms with van der Waals surface area (Å²) in [5, 5.41) is 13.4. The second-order valence-electron chi connectivity index (χ2n) is 6.74. The lowest BCUT2D eigenvalue weighted by atomic mass is 10.2. The van der Waals surface area contributed by atoms with Crippen LogP contribution in [0.15, 0.2) is 43.0 Å². The van der Waals surface area contributed by atoms with Crippen LogP contribution in [0.2, 0.25) is 10.0 Å². The average Bonchev–Trinajstić information content (AvgIpc) is 3.30. The summed E-state index contributed by atoms with van der Waals surface area (Å²) < 4.78 is 7.29. The second kappa shape index (κ2) is 8.85. The molecule has 1 unspecified atom stereocenters. The van der Waals surface area contributed by atoms with E-state index >= 15 is 0 Å². The quantitative estimate of drug-likeness (QED) is 0.593. The number of rotatable bonds is 5. The van der Waals surface area contributed by atoms with E-state index in [-0.39, 0.29) is 5.91 Å². The van der Waals surface area contributed by atoms with E-state index in [0.29, 0.717) is 47.8 Å². The van der Waals surface area contributed by atoms with Gasteiger partial charge in [-0.2, -0.15) is 5.10 Å². The van der Waals surface area contributed by atoms with E-state index < -0.39 is 6.10 Å². The van der Waals surface area contributed by atoms with Crippen molar-refractivity contribution in [1.82, 2.24) is 29.9 Å². The smallest absolute Gasteiger partial charge is 0.263 e. The molecule has 0 radical (unpaired) electrons. The van der Waals surface area contributed by atoms with Crippen molar-refractivity contribution in [3.05, 3.63) is 53.0 Å². The highest BCUT2D eigenvalue weighted by molar-refractivity contribution is 6.35. The van der Waals surface area contributed by atoms with Gasteiger partial charge in [-0.05, 0) is 37.3 Å². The lowest BCUT2D eigenvalue weighted by Crippen LogP contribution is -2.52. The topological polar surface area (TPSA) is 89.3 Å². The van der Waals surface area contributed by atoms with Crippen molar-refractivity contribution in [1.29, 1.82) is 0 Å². The number of aromatic nitrogens is 5. The van der Waals surface area contributed by atoms with Crippen molar-refractivity contribution in [2.24, 2.45) is 0 Å². The minimum absolute atomic E-state index is 0.0896. The fourth-order valence-corrected chi connectivity index (χ4v) is 3.61. The molecule has 0 aliphatic carbocycles. The van der Waals surface area contributed by atoms with E-state index in [4.69, 9.17) is 27.9 Å². The normalized spacial score (nSPS) is 15.2. The summed E-state index contributed by atoms with van der Waals surface area (Å²) in [5.74, 6) is 1.69. The number of anilines is 1. The highest BCUT2D eigenvalue weighted by atomic mass is 35.5. The molecule has 1 saturated heterocycles. The molecule has 0 bridgehead atoms. The van der Waals surface area contributed by atoms with Crippen LogP contribution < -0.4 is 9.64 Å². The molecule has 1 aromatic carbocycles. The summed E-state index contributed by atoms with van der Waals surface area (Å²) in [6, 6.07) is 8.64. The Morgan fingerprint density at radius 3 is 2.43 bits per heavy atom. The van der Waals surface area contributed by atoms with Crippen molar-refractivity contribution in [2.75, 3.05) is 31.1 Å². The van der Waals surface area contributed by atoms with Gasteiger partial charge in [-0.3, -0.25) is 4.79 Å². The Bertz CT molecular complexity index is 1010. The summed E-state index contributed by atoms with van der Waals surface area (Å²) in [4.78, 5) is 20.5. The van der Waals surface area contributed by atoms with Crippen LogP contribution in [0.4, 0.5) is 5.82 Å². The van der Waals surface area contributed by atoms with Crippen molar-refractivity contribution in [3.8, 4) is 11.6 Å². The maximum atomic E-state index is 12.8. The molecule has 2 aromatic heterocycles. The number of nitrogens with zero attached hydrogens (tertiary/aromatic N) is 7. The predicted octanol–water partition coefficient (Wildman–Crippen LogP) is 2.48. The summed E-state index contributed by atoms with van der Waals surface area (Å²) in [6.07, 6.45) is 2.35. The van der Waals surface area contributed by atoms with Gasteiger partial charge in [-0.25, -0.2) is 9.67 Å². The Kier molecular flexibility index (Phi) is 6.01. The molecule has 1 amide bonds. The first-order chi connectivity index (χ1) is 14.5. The highest BCUT2D eigenvalue weighted by Gasteiger charge is 2.27. The molecule has 4 rings (SSSR count). The monoisotopic (exact) mass is 447 g/mol. The summed E-state index contributed by atoms with van der Waals surface area (Å²) >= 11 is 12.0. The summed E-state index contributed by atoms with van der Waals surface area (Å²) in [7, 11) is 0. The largest absolute Gasteiger partial charge is 0.479 e. The number of amides is 1. The SMILES string of the molecule is CC(Oc1ccc(Cl)cc1Cl)C(=O)N1CCN(c2ccc(-n3cncn3)nn2)CC1. The first-order valence-electron chi connectivity index (χ1n) is 9.35. The molecule has 1 atom stereocenters. The van der Waals surface area contributed by atoms with E-state index in [9.17, 15) is 4.79 Å². The van der Waals surface area contributed by atoms with Gasteiger partial charge in [0, 0.05) is 31.2 Å². The minimum Gasteiger partial charge on any atom is -0.479 e. The van der Waals surface area contributed by atoms with Gasteiger partial charge in [0.25, 0.3) is 5.91 Å². The zero-order valence-corrected chi connectivity index (χ0v) is 17.7. The van der Waals surface area contributed by atoms with Gasteiger partial charge >= 0.3 is 0 Å². The van der Waals surface area contributed by atoms with Crippen LogP contribution in [0.1, 0.15) is 6.92 Å². The molecule has 11 heteroatoms. The van der Waals surface area contributed by atoms with Crippen molar-refractivity contribution < 1.29 is 9.53 Å². The predicted molar refractivity (Wildman–Crippen MR) is 112 cm³/mol. The average molecular weight is 448 g/mol. The van der Waals surface area contributed by atoms with E-state index in [1.54, 1.807) is 41.0 Å². The van der Waals surface area contributed by atoms with Crippen LogP contribution >= 0.6 is 23.2 Å². The molecule has 1 aliphatic rings. The first kappa shape index (κ1) is 20.4. The standard InChI is InChI=1S/C19H19Cl2N7O2/c1-13(30-16-3-2-14(20)10-15(16)21)19(29)27-8-6-26(7-9-27)17-4-5-18(25-24-17)28-12-22-11-23-28/h2-5,10-13H,6-9H2,1H3. The summed E-state index contributed by atoms with van der Waals surface area (Å²) in [6.45, 7) is 4.14. The maximum absolute atomic E-state index is 12.8. The molecule has 1 fully saturated rings. The molecule has 3 aromatic rings. The first-order valence-corrected chi connectivity index (χ1v) is 10.1. The number of carbonyl (C=O) groups excluding carboxylic acids is 1. The molecule has 156 valence electrons. The van der Waals surface area contributed by atoms with E-state index in [1.807, 2.05) is 12.1 Å². The molecular formula is C19H19Cl2N7O2. The zero-order chi connectivity index (χ0) is 21.1. The lowest BCUT2D eigenvalue weighted by Gasteiger charge is -2.36. The second-order valence-corrected chi connectivity index (χ2v) is 7.58. The third-order valence-electron chi connectivity index (χ3n) is 4.75. The molecule has 0 N–H and O–H groups in total. The Morgan fingerprint density at radius 1 is 1.07 bits per heavy atom. The van der Waals surface area contributed by atoms with Crippen LogP contribution in [0.3, 0.4) is 0 Å². The van der Waals surface area contributed by atoms with E-state index in [2.05, 4.69) is 25.2 Å². The van der Waals surface area contributed by atoms with Crippen LogP contribution in [0.25, 0.3) is 5.82 Å². The lowest BCUT2D eigenvalue weighted by molar-refractivity contribution is -0.138. The fourth-order valence-electron chi connectivity index (χ4n) is 3.16. The van der Waals surface area contributed by atoms with Crippen molar-refractivity contribution in [2.45, 2.75) is 13.0 Å². The number of hydrogen-bond acceptors (Lipinski definition) is 7. The van der Waals surface area contributed by atoms with Crippen molar-refractivity contribution >= 4 is 34.9 Å². The van der Waals surface area contributed by atoms with Gasteiger partial charge in [0.2, 0.25) is 0 Å². The number of benzene rings is 1. The van der Waals surface area contributed by atoms with Gasteiger partial charge in [-0.1, -0.05) is 23.2 Å². The van der Waals surface area contributed by atoms with Crippen LogP contribution in [-0.2, 0) is 4.79 Å². The molecular weight excluding hydrogens is 429 g/mol. The number of halogens is 2. The Balaban J connectivity index is 1.33. The zero-order valence-electron chi connectivity index (χ0n) is 16.2. The maximum Gasteiger partial charge on any atom is 0.263 e. The third-order valence-corrected chi connectivity index (χ3v) is 5.28. The van der Waals surface area contributed by atoms with Crippen LogP contribution in [0, 0.1) is 0 Å². The molecule has 9 nitrogen and oxygen atoms in total. The number of carbonyl (C=O) groups is 1. The summed E-state index contributed by atoms with van der Waals surface area (Å²) in [5.41, 5.74) is 0. The Labute approximate surface area is 183 Å². The van der Waals surface area contributed by atoms with Gasteiger partial charge in [-0.15, -0.1) is 10.2 Å². The van der Waals surface area contributed by atoms with Crippen molar-refractivity contribution in [3.63, 3.8) is 0 Å². The third kappa shape index (κ3) is 4.47. The molecule has 0 spiro atoms. The van der Waals surface area contributed by atoms with E-state index in [1.165, 1.54) is 6.33 Å². The van der Waals surface area contributed by atoms with Gasteiger partial charge in [0.05, 0.1) is 5.02 Å². The fraction of sp³-hybridized carbons (Fsp3) is 0.316. The number of piperazine rings is 1. The van der Waals surface area contributed by atoms with Gasteiger partial charge in [0.15, 0.2) is 17.7 Å². The molecule has 1 aliphatic heterocycles. The van der Waals surface area contributed by atoms with Gasteiger partial charge < -0.3 is 14.5 Å². The molecule has 3 heterocycles. The molecule has 0 saturated carbocycles. The van der Waals surface area contributed by atoms with E-state index in [0.717, 1.165) is 5.82 Å². The number of hydrogen-bond donors (Lipinski definition) is 0. The van der Waals surface area contributed by atoms with Crippen LogP contribution in [0.5, 0.6) is 5.75 Å².